The maximum absolute atomic E-state index is 14.8. The number of aromatic nitrogens is 2. The number of fused-ring (bicyclic) bond motifs is 5. The molecule has 2 aromatic heterocycles. The third kappa shape index (κ3) is 9.18. The van der Waals surface area contributed by atoms with Gasteiger partial charge in [-0.15, -0.1) is 0 Å². The predicted molar refractivity (Wildman–Crippen MR) is 228 cm³/mol. The van der Waals surface area contributed by atoms with Crippen LogP contribution in [-0.2, 0) is 35.3 Å². The second kappa shape index (κ2) is 17.5. The molecule has 16 nitrogen and oxygen atoms in total. The topological polar surface area (TPSA) is 208 Å². The lowest BCUT2D eigenvalue weighted by molar-refractivity contribution is -0.141. The highest BCUT2D eigenvalue weighted by atomic mass is 32.2. The molecule has 9 rings (SSSR count). The van der Waals surface area contributed by atoms with Gasteiger partial charge in [-0.05, 0) is 88.5 Å². The van der Waals surface area contributed by atoms with Gasteiger partial charge in [0.05, 0.1) is 29.9 Å². The summed E-state index contributed by atoms with van der Waals surface area (Å²) in [6.07, 6.45) is 4.02. The number of halogens is 3. The molecule has 4 heterocycles. The number of allylic oxidation sites excluding steroid dienone is 1. The monoisotopic (exact) mass is 922 g/mol. The van der Waals surface area contributed by atoms with E-state index in [-0.39, 0.29) is 60.3 Å². The van der Waals surface area contributed by atoms with Crippen LogP contribution in [0.15, 0.2) is 59.0 Å². The molecule has 1 saturated heterocycles. The van der Waals surface area contributed by atoms with Gasteiger partial charge in [0, 0.05) is 17.9 Å². The molecule has 5 aliphatic rings. The summed E-state index contributed by atoms with van der Waals surface area (Å²) in [5.74, 6) is -2.50. The first-order valence-corrected chi connectivity index (χ1v) is 23.6. The number of carbonyl (C=O) groups excluding carboxylic acids is 4. The highest BCUT2D eigenvalue weighted by molar-refractivity contribution is 7.91. The van der Waals surface area contributed by atoms with E-state index in [2.05, 4.69) is 25.3 Å². The van der Waals surface area contributed by atoms with Crippen molar-refractivity contribution in [2.45, 2.75) is 125 Å². The van der Waals surface area contributed by atoms with Crippen molar-refractivity contribution in [2.75, 3.05) is 13.7 Å². The van der Waals surface area contributed by atoms with E-state index in [4.69, 9.17) is 18.6 Å². The molecule has 0 spiro atoms. The highest BCUT2D eigenvalue weighted by Gasteiger charge is 2.62. The number of rotatable bonds is 9. The lowest BCUT2D eigenvalue weighted by Crippen LogP contribution is -2.58. The largest absolute Gasteiger partial charge is 0.493 e. The van der Waals surface area contributed by atoms with E-state index in [0.29, 0.717) is 61.7 Å². The summed E-state index contributed by atoms with van der Waals surface area (Å²) < 4.78 is 92.8. The van der Waals surface area contributed by atoms with Gasteiger partial charge >= 0.3 is 12.3 Å². The van der Waals surface area contributed by atoms with E-state index in [1.54, 1.807) is 18.2 Å². The number of benzene rings is 2. The fourth-order valence-corrected chi connectivity index (χ4v) is 10.5. The second-order valence-electron chi connectivity index (χ2n) is 17.5. The molecule has 346 valence electrons. The highest BCUT2D eigenvalue weighted by Crippen LogP contribution is 2.46. The zero-order valence-electron chi connectivity index (χ0n) is 35.5. The molecule has 3 saturated carbocycles. The van der Waals surface area contributed by atoms with Gasteiger partial charge in [-0.3, -0.25) is 19.1 Å². The van der Waals surface area contributed by atoms with Crippen LogP contribution in [-0.4, -0.2) is 95.8 Å². The first kappa shape index (κ1) is 44.3. The van der Waals surface area contributed by atoms with Crippen molar-refractivity contribution in [2.24, 2.45) is 5.92 Å². The minimum Gasteiger partial charge on any atom is -0.493 e. The molecule has 5 atom stereocenters. The number of ether oxygens (including phenoxy) is 3. The van der Waals surface area contributed by atoms with Crippen LogP contribution < -0.4 is 24.8 Å². The van der Waals surface area contributed by atoms with Crippen molar-refractivity contribution >= 4 is 55.9 Å². The van der Waals surface area contributed by atoms with Gasteiger partial charge in [-0.1, -0.05) is 43.2 Å². The quantitative estimate of drug-likeness (QED) is 0.155. The molecule has 5 unspecified atom stereocenters. The number of alkyl carbamates (subject to hydrolysis) is 1. The van der Waals surface area contributed by atoms with Gasteiger partial charge in [-0.25, -0.2) is 18.2 Å². The standard InChI is InChI=1S/C45H49F3N6O10S/c1-61-34-15-9-13-31-35-37(64-36(31)34)40(51-38(50-35)25-16-18-26(19-17-25)45(46,47)48)62-29-22-33-39(55)52-44(42(57)53-65(59,60)30-20-21-30)23-27(44)10-5-3-2-4-6-14-32(41(56)54(33)24-29)49-43(58)63-28-11-7-8-12-28/h5,9-10,13,15-19,27-30,32-33H,2-4,6-8,11-12,14,20-24H2,1H3,(H,49,58)(H,52,55)(H,53,57)/b10-5-. The average Bonchev–Trinajstić information content (AvgIpc) is 4.08. The van der Waals surface area contributed by atoms with E-state index in [1.165, 1.54) is 24.1 Å². The summed E-state index contributed by atoms with van der Waals surface area (Å²) in [6.45, 7) is -0.212. The fourth-order valence-electron chi connectivity index (χ4n) is 9.13. The molecule has 20 heteroatoms. The molecule has 4 amide bonds. The first-order chi connectivity index (χ1) is 31.1. The number of methoxy groups -OCH3 is 1. The average molecular weight is 923 g/mol. The summed E-state index contributed by atoms with van der Waals surface area (Å²) in [5.41, 5.74) is -1.64. The fraction of sp³-hybridized carbons (Fsp3) is 0.511. The number of hydrogen-bond donors (Lipinski definition) is 3. The number of hydrogen-bond acceptors (Lipinski definition) is 12. The van der Waals surface area contributed by atoms with E-state index < -0.39 is 80.5 Å². The minimum atomic E-state index is -4.58. The molecule has 2 aliphatic heterocycles. The van der Waals surface area contributed by atoms with Crippen molar-refractivity contribution < 1.29 is 59.4 Å². The van der Waals surface area contributed by atoms with Crippen LogP contribution in [0, 0.1) is 5.92 Å². The third-order valence-corrected chi connectivity index (χ3v) is 14.8. The van der Waals surface area contributed by atoms with Crippen molar-refractivity contribution in [1.82, 2.24) is 30.2 Å². The van der Waals surface area contributed by atoms with Crippen LogP contribution in [0.25, 0.3) is 33.5 Å². The van der Waals surface area contributed by atoms with Crippen molar-refractivity contribution in [3.8, 4) is 23.0 Å². The number of sulfonamides is 1. The Kier molecular flexibility index (Phi) is 11.9. The normalized spacial score (nSPS) is 26.1. The van der Waals surface area contributed by atoms with Crippen molar-refractivity contribution in [3.63, 3.8) is 0 Å². The number of para-hydroxylation sites is 1. The Hall–Kier alpha value is -5.92. The Labute approximate surface area is 372 Å². The molecule has 4 aromatic rings. The number of nitrogens with zero attached hydrogens (tertiary/aromatic N) is 3. The van der Waals surface area contributed by atoms with Crippen LogP contribution in [0.5, 0.6) is 11.6 Å². The molecular weight excluding hydrogens is 874 g/mol. The lowest BCUT2D eigenvalue weighted by Gasteiger charge is -2.30. The number of alkyl halides is 3. The zero-order chi connectivity index (χ0) is 45.7. The van der Waals surface area contributed by atoms with Gasteiger partial charge in [0.25, 0.3) is 11.8 Å². The molecule has 3 aliphatic carbocycles. The zero-order valence-corrected chi connectivity index (χ0v) is 36.3. The van der Waals surface area contributed by atoms with E-state index in [9.17, 15) is 40.8 Å². The lowest BCUT2D eigenvalue weighted by atomic mass is 10.0. The smallest absolute Gasteiger partial charge is 0.416 e. The van der Waals surface area contributed by atoms with Crippen molar-refractivity contribution in [1.29, 1.82) is 0 Å². The summed E-state index contributed by atoms with van der Waals surface area (Å²) in [7, 11) is -2.53. The molecular formula is C45H49F3N6O10S. The Morgan fingerprint density at radius 1 is 0.938 bits per heavy atom. The van der Waals surface area contributed by atoms with Crippen LogP contribution in [0.4, 0.5) is 18.0 Å². The van der Waals surface area contributed by atoms with E-state index in [0.717, 1.165) is 31.4 Å². The molecule has 4 fully saturated rings. The van der Waals surface area contributed by atoms with Gasteiger partial charge < -0.3 is 34.2 Å². The molecule has 3 N–H and O–H groups in total. The van der Waals surface area contributed by atoms with Gasteiger partial charge in [0.1, 0.15) is 35.3 Å². The summed E-state index contributed by atoms with van der Waals surface area (Å²) in [6, 6.07) is 7.01. The molecule has 2 aromatic carbocycles. The SMILES string of the molecule is COc1cccc2c1oc1c(OC3CC4C(=O)NC5(C(=O)NS(=O)(=O)C6CC6)CC5/C=C\CCCCCC(NC(=O)OC5CCCC5)C(=O)N4C3)nc(-c3ccc(C(F)(F)F)cc3)nc12. The van der Waals surface area contributed by atoms with Gasteiger partial charge in [0.15, 0.2) is 17.2 Å². The van der Waals surface area contributed by atoms with E-state index >= 15 is 0 Å². The Morgan fingerprint density at radius 2 is 1.69 bits per heavy atom. The van der Waals surface area contributed by atoms with Crippen LogP contribution in [0.3, 0.4) is 0 Å². The molecule has 0 bridgehead atoms. The number of amides is 4. The van der Waals surface area contributed by atoms with Crippen LogP contribution in [0.1, 0.15) is 89.0 Å². The minimum absolute atomic E-state index is 0.000352. The third-order valence-electron chi connectivity index (χ3n) is 13.0. The summed E-state index contributed by atoms with van der Waals surface area (Å²) >= 11 is 0. The van der Waals surface area contributed by atoms with Gasteiger partial charge in [-0.2, -0.15) is 18.2 Å². The first-order valence-electron chi connectivity index (χ1n) is 22.1. The maximum atomic E-state index is 14.8. The molecule has 65 heavy (non-hydrogen) atoms. The number of nitrogens with one attached hydrogen (secondary N) is 3. The Bertz CT molecular complexity index is 2650. The van der Waals surface area contributed by atoms with Gasteiger partial charge in [0.2, 0.25) is 27.4 Å². The maximum Gasteiger partial charge on any atom is 0.416 e. The number of furan rings is 1. The summed E-state index contributed by atoms with van der Waals surface area (Å²) in [5, 5.41) is 5.40. The Morgan fingerprint density at radius 3 is 2.42 bits per heavy atom. The van der Waals surface area contributed by atoms with Crippen LogP contribution in [0.2, 0.25) is 0 Å². The molecule has 0 radical (unpaired) electrons. The Balaban J connectivity index is 1.07. The van der Waals surface area contributed by atoms with Crippen LogP contribution >= 0.6 is 0 Å². The predicted octanol–water partition coefficient (Wildman–Crippen LogP) is 6.46. The van der Waals surface area contributed by atoms with Crippen molar-refractivity contribution in [3.05, 3.63) is 60.2 Å². The van der Waals surface area contributed by atoms with E-state index in [1.807, 2.05) is 12.2 Å². The number of carbonyl (C=O) groups is 4. The second-order valence-corrected chi connectivity index (χ2v) is 19.5. The summed E-state index contributed by atoms with van der Waals surface area (Å²) in [4.78, 5) is 67.2.